The number of carbonyl (C=O) groups is 1. The first kappa shape index (κ1) is 11.8. The predicted octanol–water partition coefficient (Wildman–Crippen LogP) is -0.843. The topological polar surface area (TPSA) is 75.3 Å². The van der Waals surface area contributed by atoms with Gasteiger partial charge in [-0.3, -0.25) is 9.52 Å². The fourth-order valence-electron chi connectivity index (χ4n) is 1.22. The zero-order chi connectivity index (χ0) is 10.6. The van der Waals surface area contributed by atoms with Gasteiger partial charge in [-0.25, -0.2) is 8.42 Å². The number of sulfonamides is 1. The van der Waals surface area contributed by atoms with E-state index in [-0.39, 0.29) is 12.5 Å². The Morgan fingerprint density at radius 2 is 2.36 bits per heavy atom. The Kier molecular flexibility index (Phi) is 4.21. The number of hydrogen-bond donors (Lipinski definition) is 2. The van der Waals surface area contributed by atoms with Gasteiger partial charge in [0.2, 0.25) is 15.9 Å². The van der Waals surface area contributed by atoms with Crippen LogP contribution in [-0.4, -0.2) is 44.7 Å². The highest BCUT2D eigenvalue weighted by Gasteiger charge is 2.18. The van der Waals surface area contributed by atoms with E-state index < -0.39 is 15.9 Å². The summed E-state index contributed by atoms with van der Waals surface area (Å²) in [6.07, 6.45) is 1.20. The summed E-state index contributed by atoms with van der Waals surface area (Å²) >= 11 is 1.77. The first-order valence-electron chi connectivity index (χ1n) is 4.29. The maximum absolute atomic E-state index is 11.2. The smallest absolute Gasteiger partial charge is 0.235 e. The van der Waals surface area contributed by atoms with Crippen LogP contribution in [0, 0.1) is 0 Å². The highest BCUT2D eigenvalue weighted by atomic mass is 32.2. The summed E-state index contributed by atoms with van der Waals surface area (Å²) < 4.78 is 23.4. The molecule has 0 radical (unpaired) electrons. The Labute approximate surface area is 88.1 Å². The first-order chi connectivity index (χ1) is 6.47. The Morgan fingerprint density at radius 3 is 2.86 bits per heavy atom. The van der Waals surface area contributed by atoms with Gasteiger partial charge >= 0.3 is 0 Å². The van der Waals surface area contributed by atoms with Crippen molar-refractivity contribution in [3.05, 3.63) is 0 Å². The van der Waals surface area contributed by atoms with E-state index in [9.17, 15) is 13.2 Å². The minimum Gasteiger partial charge on any atom is -0.312 e. The summed E-state index contributed by atoms with van der Waals surface area (Å²) in [6.45, 7) is 0.876. The van der Waals surface area contributed by atoms with Crippen LogP contribution in [0.25, 0.3) is 0 Å². The molecule has 1 aliphatic heterocycles. The van der Waals surface area contributed by atoms with E-state index in [1.165, 1.54) is 0 Å². The fourth-order valence-corrected chi connectivity index (χ4v) is 2.67. The zero-order valence-corrected chi connectivity index (χ0v) is 9.58. The number of rotatable bonds is 3. The summed E-state index contributed by atoms with van der Waals surface area (Å²) in [5.74, 6) is 1.47. The number of amides is 1. The third-order valence-corrected chi connectivity index (χ3v) is 3.46. The van der Waals surface area contributed by atoms with Crippen LogP contribution < -0.4 is 10.0 Å². The normalized spacial score (nSPS) is 23.1. The van der Waals surface area contributed by atoms with E-state index >= 15 is 0 Å². The second kappa shape index (κ2) is 4.99. The first-order valence-corrected chi connectivity index (χ1v) is 7.34. The monoisotopic (exact) mass is 238 g/mol. The summed E-state index contributed by atoms with van der Waals surface area (Å²) in [4.78, 5) is 11.2. The van der Waals surface area contributed by atoms with Gasteiger partial charge in [-0.2, -0.15) is 11.8 Å². The fraction of sp³-hybridized carbons (Fsp3) is 0.857. The van der Waals surface area contributed by atoms with E-state index in [1.54, 1.807) is 11.8 Å². The van der Waals surface area contributed by atoms with Gasteiger partial charge in [0.05, 0.1) is 6.26 Å². The molecular formula is C7H14N2O3S2. The molecule has 1 fully saturated rings. The summed E-state index contributed by atoms with van der Waals surface area (Å²) in [5.41, 5.74) is 0. The molecule has 1 rings (SSSR count). The maximum atomic E-state index is 11.2. The summed E-state index contributed by atoms with van der Waals surface area (Å²) in [7, 11) is -3.41. The van der Waals surface area contributed by atoms with Crippen molar-refractivity contribution < 1.29 is 13.2 Å². The molecule has 0 aromatic carbocycles. The molecule has 1 saturated heterocycles. The van der Waals surface area contributed by atoms with Crippen LogP contribution in [0.2, 0.25) is 0 Å². The van der Waals surface area contributed by atoms with Crippen LogP contribution in [0.15, 0.2) is 0 Å². The predicted molar refractivity (Wildman–Crippen MR) is 56.7 cm³/mol. The van der Waals surface area contributed by atoms with Gasteiger partial charge in [-0.05, 0) is 0 Å². The second-order valence-corrected chi connectivity index (χ2v) is 6.13. The Bertz CT molecular complexity index is 296. The van der Waals surface area contributed by atoms with E-state index in [0.29, 0.717) is 0 Å². The third kappa shape index (κ3) is 4.83. The maximum Gasteiger partial charge on any atom is 0.235 e. The lowest BCUT2D eigenvalue weighted by Gasteiger charge is -2.22. The minimum absolute atomic E-state index is 0.0931. The van der Waals surface area contributed by atoms with E-state index in [4.69, 9.17) is 0 Å². The van der Waals surface area contributed by atoms with E-state index in [1.807, 2.05) is 4.72 Å². The molecule has 2 N–H and O–H groups in total. The third-order valence-electron chi connectivity index (χ3n) is 1.73. The Hall–Kier alpha value is -0.270. The quantitative estimate of drug-likeness (QED) is 0.670. The molecule has 1 heterocycles. The average molecular weight is 238 g/mol. The number of nitrogens with one attached hydrogen (secondary N) is 2. The molecule has 0 aromatic rings. The average Bonchev–Trinajstić information content (AvgIpc) is 2.02. The highest BCUT2D eigenvalue weighted by Crippen LogP contribution is 2.09. The number of carbonyl (C=O) groups excluding carboxylic acids is 1. The van der Waals surface area contributed by atoms with Gasteiger partial charge in [0.25, 0.3) is 0 Å². The molecule has 5 nitrogen and oxygen atoms in total. The Morgan fingerprint density at radius 1 is 1.64 bits per heavy atom. The van der Waals surface area contributed by atoms with Crippen LogP contribution in [0.3, 0.4) is 0 Å². The van der Waals surface area contributed by atoms with Crippen LogP contribution in [0.4, 0.5) is 0 Å². The van der Waals surface area contributed by atoms with Crippen LogP contribution in [-0.2, 0) is 14.8 Å². The van der Waals surface area contributed by atoms with Crippen molar-refractivity contribution >= 4 is 27.7 Å². The molecule has 0 spiro atoms. The molecule has 82 valence electrons. The summed E-state index contributed by atoms with van der Waals surface area (Å²) in [5, 5.41) is 3.16. The molecule has 0 aliphatic carbocycles. The van der Waals surface area contributed by atoms with Gasteiger partial charge in [-0.15, -0.1) is 0 Å². The van der Waals surface area contributed by atoms with Crippen molar-refractivity contribution in [1.82, 2.24) is 10.0 Å². The molecule has 1 amide bonds. The largest absolute Gasteiger partial charge is 0.312 e. The van der Waals surface area contributed by atoms with Crippen molar-refractivity contribution in [2.75, 3.05) is 24.3 Å². The highest BCUT2D eigenvalue weighted by molar-refractivity contribution is 7.99. The minimum atomic E-state index is -3.41. The second-order valence-electron chi connectivity index (χ2n) is 3.23. The van der Waals surface area contributed by atoms with E-state index in [2.05, 4.69) is 5.32 Å². The zero-order valence-electron chi connectivity index (χ0n) is 7.95. The molecule has 0 bridgehead atoms. The molecule has 0 saturated carbocycles. The standard InChI is InChI=1S/C7H14N2O3S2/c1-14(11,12)9-7(10)4-6-5-13-3-2-8-6/h6,8H,2-5H2,1H3,(H,9,10). The molecule has 1 atom stereocenters. The van der Waals surface area contributed by atoms with Crippen molar-refractivity contribution in [3.63, 3.8) is 0 Å². The molecule has 14 heavy (non-hydrogen) atoms. The molecule has 7 heteroatoms. The van der Waals surface area contributed by atoms with Crippen molar-refractivity contribution in [2.45, 2.75) is 12.5 Å². The molecular weight excluding hydrogens is 224 g/mol. The lowest BCUT2D eigenvalue weighted by Crippen LogP contribution is -2.42. The van der Waals surface area contributed by atoms with Gasteiger partial charge in [0.1, 0.15) is 0 Å². The van der Waals surface area contributed by atoms with E-state index in [0.717, 1.165) is 24.3 Å². The number of hydrogen-bond acceptors (Lipinski definition) is 5. The lowest BCUT2D eigenvalue weighted by molar-refractivity contribution is -0.119. The SMILES string of the molecule is CS(=O)(=O)NC(=O)CC1CSCCN1. The van der Waals surface area contributed by atoms with Gasteiger partial charge in [-0.1, -0.05) is 0 Å². The lowest BCUT2D eigenvalue weighted by atomic mass is 10.2. The van der Waals surface area contributed by atoms with Crippen molar-refractivity contribution in [3.8, 4) is 0 Å². The Balaban J connectivity index is 2.32. The number of thioether (sulfide) groups is 1. The summed E-state index contributed by atoms with van der Waals surface area (Å²) in [6, 6.07) is 0.0931. The van der Waals surface area contributed by atoms with Crippen molar-refractivity contribution in [1.29, 1.82) is 0 Å². The molecule has 1 aliphatic rings. The van der Waals surface area contributed by atoms with Crippen LogP contribution >= 0.6 is 11.8 Å². The van der Waals surface area contributed by atoms with Gasteiger partial charge in [0.15, 0.2) is 0 Å². The van der Waals surface area contributed by atoms with Gasteiger partial charge < -0.3 is 5.32 Å². The van der Waals surface area contributed by atoms with Crippen LogP contribution in [0.1, 0.15) is 6.42 Å². The van der Waals surface area contributed by atoms with Crippen molar-refractivity contribution in [2.24, 2.45) is 0 Å². The van der Waals surface area contributed by atoms with Crippen LogP contribution in [0.5, 0.6) is 0 Å². The molecule has 1 unspecified atom stereocenters. The van der Waals surface area contributed by atoms with Gasteiger partial charge in [0, 0.05) is 30.5 Å². The molecule has 0 aromatic heterocycles.